The number of benzene rings is 1. The Balaban J connectivity index is 2.01. The number of ketones is 1. The predicted octanol–water partition coefficient (Wildman–Crippen LogP) is 14.3. The first kappa shape index (κ1) is 41.5. The van der Waals surface area contributed by atoms with E-state index in [0.717, 1.165) is 37.7 Å². The van der Waals surface area contributed by atoms with Gasteiger partial charge in [0, 0.05) is 6.42 Å². The van der Waals surface area contributed by atoms with Crippen molar-refractivity contribution in [3.05, 3.63) is 23.3 Å². The van der Waals surface area contributed by atoms with Crippen molar-refractivity contribution in [1.29, 1.82) is 0 Å². The van der Waals surface area contributed by atoms with Crippen LogP contribution in [-0.4, -0.2) is 16.0 Å². The highest BCUT2D eigenvalue weighted by molar-refractivity contribution is 5.99. The Kier molecular flexibility index (Phi) is 28.7. The van der Waals surface area contributed by atoms with E-state index >= 15 is 0 Å². The predicted molar refractivity (Wildman–Crippen MR) is 197 cm³/mol. The average Bonchev–Trinajstić information content (AvgIpc) is 3.03. The minimum atomic E-state index is -0.0496. The molecule has 0 unspecified atom stereocenters. The number of aryl methyl sites for hydroxylation is 1. The Bertz CT molecular complexity index is 801. The fourth-order valence-corrected chi connectivity index (χ4v) is 6.70. The van der Waals surface area contributed by atoms with Crippen LogP contribution in [0.1, 0.15) is 235 Å². The van der Waals surface area contributed by atoms with E-state index in [0.29, 0.717) is 6.42 Å². The summed E-state index contributed by atoms with van der Waals surface area (Å²) in [6, 6.07) is 3.13. The van der Waals surface area contributed by atoms with E-state index in [1.165, 1.54) is 179 Å². The lowest BCUT2D eigenvalue weighted by molar-refractivity contribution is 0.0976. The van der Waals surface area contributed by atoms with E-state index in [2.05, 4.69) is 13.8 Å². The Hall–Kier alpha value is -1.51. The van der Waals surface area contributed by atoms with Crippen LogP contribution in [0.25, 0.3) is 0 Å². The number of phenols is 2. The molecule has 0 aliphatic heterocycles. The zero-order valence-electron chi connectivity index (χ0n) is 30.3. The van der Waals surface area contributed by atoms with Gasteiger partial charge in [0.05, 0.1) is 5.56 Å². The highest BCUT2D eigenvalue weighted by Gasteiger charge is 2.15. The van der Waals surface area contributed by atoms with Crippen molar-refractivity contribution in [2.75, 3.05) is 0 Å². The lowest BCUT2D eigenvalue weighted by Crippen LogP contribution is -2.01. The molecule has 0 amide bonds. The average molecular weight is 629 g/mol. The minimum absolute atomic E-state index is 0.0326. The summed E-state index contributed by atoms with van der Waals surface area (Å²) >= 11 is 0. The molecule has 45 heavy (non-hydrogen) atoms. The van der Waals surface area contributed by atoms with Crippen LogP contribution in [-0.2, 0) is 6.42 Å². The molecule has 0 spiro atoms. The first-order valence-corrected chi connectivity index (χ1v) is 20.2. The van der Waals surface area contributed by atoms with Crippen LogP contribution in [0.5, 0.6) is 11.5 Å². The van der Waals surface area contributed by atoms with Crippen molar-refractivity contribution < 1.29 is 15.0 Å². The molecule has 0 bridgehead atoms. The molecule has 0 aliphatic carbocycles. The SMILES string of the molecule is CCCCCCCCCCCCCCCCCCc1cc(O)c(C(=O)CCCCCCCCCCCCCCCCC)cc1O. The number of carbonyl (C=O) groups is 1. The fraction of sp³-hybridized carbons (Fsp3) is 0.833. The Morgan fingerprint density at radius 1 is 0.422 bits per heavy atom. The summed E-state index contributed by atoms with van der Waals surface area (Å²) < 4.78 is 0. The standard InChI is InChI=1S/C42H76O3/c1-3-5-7-9-11-13-15-17-19-21-22-24-26-28-30-32-34-38-36-42(45)39(37-41(38)44)40(43)35-33-31-29-27-25-23-20-18-16-14-12-10-8-6-4-2/h36-37,44-45H,3-35H2,1-2H3. The molecule has 262 valence electrons. The van der Waals surface area contributed by atoms with Crippen molar-refractivity contribution in [2.24, 2.45) is 0 Å². The summed E-state index contributed by atoms with van der Waals surface area (Å²) in [7, 11) is 0. The molecule has 1 aromatic rings. The smallest absolute Gasteiger partial charge is 0.166 e. The number of phenolic OH excluding ortho intramolecular Hbond substituents is 2. The van der Waals surface area contributed by atoms with E-state index in [1.54, 1.807) is 6.07 Å². The Morgan fingerprint density at radius 3 is 1.09 bits per heavy atom. The van der Waals surface area contributed by atoms with Crippen molar-refractivity contribution >= 4 is 5.78 Å². The lowest BCUT2D eigenvalue weighted by atomic mass is 9.98. The quantitative estimate of drug-likeness (QED) is 0.0453. The molecule has 2 N–H and O–H groups in total. The van der Waals surface area contributed by atoms with Gasteiger partial charge in [0.1, 0.15) is 11.5 Å². The number of Topliss-reactive ketones (excluding diaryl/α,β-unsaturated/α-hetero) is 1. The first-order chi connectivity index (χ1) is 22.1. The summed E-state index contributed by atoms with van der Waals surface area (Å²) in [5.74, 6) is 0.144. The number of unbranched alkanes of at least 4 members (excludes halogenated alkanes) is 29. The van der Waals surface area contributed by atoms with Gasteiger partial charge in [-0.1, -0.05) is 200 Å². The van der Waals surface area contributed by atoms with Gasteiger partial charge in [-0.15, -0.1) is 0 Å². The molecule has 0 fully saturated rings. The monoisotopic (exact) mass is 629 g/mol. The first-order valence-electron chi connectivity index (χ1n) is 20.2. The van der Waals surface area contributed by atoms with Crippen LogP contribution < -0.4 is 0 Å². The van der Waals surface area contributed by atoms with Crippen LogP contribution >= 0.6 is 0 Å². The third kappa shape index (κ3) is 24.3. The second kappa shape index (κ2) is 31.1. The molecule has 0 aliphatic rings. The zero-order chi connectivity index (χ0) is 32.6. The van der Waals surface area contributed by atoms with Gasteiger partial charge in [-0.25, -0.2) is 0 Å². The normalized spacial score (nSPS) is 11.4. The van der Waals surface area contributed by atoms with Crippen LogP contribution in [0.2, 0.25) is 0 Å². The maximum Gasteiger partial charge on any atom is 0.166 e. The van der Waals surface area contributed by atoms with Gasteiger partial charge in [0.15, 0.2) is 5.78 Å². The molecule has 1 aromatic carbocycles. The summed E-state index contributed by atoms with van der Waals surface area (Å²) in [6.45, 7) is 4.56. The summed E-state index contributed by atoms with van der Waals surface area (Å²) in [6.07, 6.45) is 42.2. The van der Waals surface area contributed by atoms with E-state index in [1.807, 2.05) is 0 Å². The number of hydrogen-bond acceptors (Lipinski definition) is 3. The van der Waals surface area contributed by atoms with Crippen molar-refractivity contribution in [2.45, 2.75) is 226 Å². The third-order valence-electron chi connectivity index (χ3n) is 9.80. The van der Waals surface area contributed by atoms with E-state index in [-0.39, 0.29) is 22.8 Å². The number of aromatic hydroxyl groups is 2. The molecular weight excluding hydrogens is 552 g/mol. The van der Waals surface area contributed by atoms with Crippen LogP contribution in [0.15, 0.2) is 12.1 Å². The second-order valence-corrected chi connectivity index (χ2v) is 14.2. The molecule has 0 heterocycles. The largest absolute Gasteiger partial charge is 0.508 e. The lowest BCUT2D eigenvalue weighted by Gasteiger charge is -2.10. The molecule has 0 saturated heterocycles. The molecule has 3 heteroatoms. The molecule has 0 radical (unpaired) electrons. The summed E-state index contributed by atoms with van der Waals surface area (Å²) in [5, 5.41) is 21.0. The minimum Gasteiger partial charge on any atom is -0.508 e. The van der Waals surface area contributed by atoms with Crippen LogP contribution in [0.3, 0.4) is 0 Å². The van der Waals surface area contributed by atoms with Gasteiger partial charge in [0.2, 0.25) is 0 Å². The van der Waals surface area contributed by atoms with Gasteiger partial charge < -0.3 is 10.2 Å². The Labute approximate surface area is 280 Å². The van der Waals surface area contributed by atoms with Gasteiger partial charge in [-0.05, 0) is 37.0 Å². The fourth-order valence-electron chi connectivity index (χ4n) is 6.70. The topological polar surface area (TPSA) is 57.5 Å². The van der Waals surface area contributed by atoms with E-state index in [4.69, 9.17) is 0 Å². The molecule has 0 atom stereocenters. The van der Waals surface area contributed by atoms with Crippen molar-refractivity contribution in [1.82, 2.24) is 0 Å². The highest BCUT2D eigenvalue weighted by atomic mass is 16.3. The van der Waals surface area contributed by atoms with Gasteiger partial charge >= 0.3 is 0 Å². The zero-order valence-corrected chi connectivity index (χ0v) is 30.3. The molecule has 0 saturated carbocycles. The second-order valence-electron chi connectivity index (χ2n) is 14.2. The molecular formula is C42H76O3. The van der Waals surface area contributed by atoms with Gasteiger partial charge in [-0.2, -0.15) is 0 Å². The van der Waals surface area contributed by atoms with Crippen LogP contribution in [0.4, 0.5) is 0 Å². The van der Waals surface area contributed by atoms with E-state index in [9.17, 15) is 15.0 Å². The van der Waals surface area contributed by atoms with Crippen molar-refractivity contribution in [3.8, 4) is 11.5 Å². The maximum absolute atomic E-state index is 12.7. The third-order valence-corrected chi connectivity index (χ3v) is 9.80. The van der Waals surface area contributed by atoms with Crippen molar-refractivity contribution in [3.63, 3.8) is 0 Å². The molecule has 1 rings (SSSR count). The molecule has 3 nitrogen and oxygen atoms in total. The summed E-state index contributed by atoms with van der Waals surface area (Å²) in [5.41, 5.74) is 1.05. The molecule has 0 aromatic heterocycles. The summed E-state index contributed by atoms with van der Waals surface area (Å²) in [4.78, 5) is 12.7. The maximum atomic E-state index is 12.7. The number of rotatable bonds is 34. The van der Waals surface area contributed by atoms with Crippen LogP contribution in [0, 0.1) is 0 Å². The van der Waals surface area contributed by atoms with E-state index < -0.39 is 0 Å². The highest BCUT2D eigenvalue weighted by Crippen LogP contribution is 2.30. The number of carbonyl (C=O) groups excluding carboxylic acids is 1. The Morgan fingerprint density at radius 2 is 0.733 bits per heavy atom. The number of hydrogen-bond donors (Lipinski definition) is 2. The van der Waals surface area contributed by atoms with Gasteiger partial charge in [-0.3, -0.25) is 4.79 Å². The van der Waals surface area contributed by atoms with Gasteiger partial charge in [0.25, 0.3) is 0 Å².